The van der Waals surface area contributed by atoms with Gasteiger partial charge in [0, 0.05) is 17.3 Å². The summed E-state index contributed by atoms with van der Waals surface area (Å²) in [5.41, 5.74) is 1.16. The van der Waals surface area contributed by atoms with E-state index in [-0.39, 0.29) is 24.4 Å². The molecule has 104 valence electrons. The van der Waals surface area contributed by atoms with Gasteiger partial charge < -0.3 is 16.0 Å². The van der Waals surface area contributed by atoms with Gasteiger partial charge in [-0.3, -0.25) is 9.59 Å². The molecular weight excluding hydrogens is 242 g/mol. The van der Waals surface area contributed by atoms with E-state index in [4.69, 9.17) is 0 Å². The number of carbonyl (C=O) groups excluding carboxylic acids is 2. The summed E-state index contributed by atoms with van der Waals surface area (Å²) in [6.45, 7) is 6.74. The summed E-state index contributed by atoms with van der Waals surface area (Å²) in [6, 6.07) is 6.98. The third kappa shape index (κ3) is 5.52. The Morgan fingerprint density at radius 1 is 1.26 bits per heavy atom. The van der Waals surface area contributed by atoms with Crippen molar-refractivity contribution in [2.24, 2.45) is 0 Å². The lowest BCUT2D eigenvalue weighted by molar-refractivity contribution is -0.115. The number of likely N-dealkylation sites (N-methyl/N-ethyl adjacent to an activating group) is 1. The highest BCUT2D eigenvalue weighted by Gasteiger charge is 2.08. The van der Waals surface area contributed by atoms with Crippen molar-refractivity contribution in [3.8, 4) is 0 Å². The van der Waals surface area contributed by atoms with E-state index in [9.17, 15) is 9.59 Å². The molecule has 1 rings (SSSR count). The number of hydrogen-bond acceptors (Lipinski definition) is 3. The Kier molecular flexibility index (Phi) is 6.02. The number of benzene rings is 1. The van der Waals surface area contributed by atoms with E-state index < -0.39 is 0 Å². The molecule has 0 saturated heterocycles. The maximum Gasteiger partial charge on any atom is 0.251 e. The smallest absolute Gasteiger partial charge is 0.251 e. The molecule has 5 heteroatoms. The average molecular weight is 263 g/mol. The molecule has 0 spiro atoms. The lowest BCUT2D eigenvalue weighted by atomic mass is 10.1. The van der Waals surface area contributed by atoms with E-state index in [1.807, 2.05) is 20.8 Å². The van der Waals surface area contributed by atoms with Gasteiger partial charge in [-0.15, -0.1) is 0 Å². The van der Waals surface area contributed by atoms with Crippen LogP contribution < -0.4 is 16.0 Å². The van der Waals surface area contributed by atoms with E-state index >= 15 is 0 Å². The van der Waals surface area contributed by atoms with Crippen molar-refractivity contribution in [3.63, 3.8) is 0 Å². The molecule has 0 fully saturated rings. The predicted molar refractivity (Wildman–Crippen MR) is 76.2 cm³/mol. The van der Waals surface area contributed by atoms with Crippen LogP contribution >= 0.6 is 0 Å². The first-order chi connectivity index (χ1) is 9.02. The molecule has 0 heterocycles. The number of rotatable bonds is 6. The Morgan fingerprint density at radius 2 is 2.00 bits per heavy atom. The van der Waals surface area contributed by atoms with E-state index in [1.165, 1.54) is 0 Å². The first kappa shape index (κ1) is 15.2. The molecular formula is C14H21N3O2. The van der Waals surface area contributed by atoms with Crippen LogP contribution in [0.25, 0.3) is 0 Å². The average Bonchev–Trinajstić information content (AvgIpc) is 2.36. The fourth-order valence-corrected chi connectivity index (χ4v) is 1.53. The Balaban J connectivity index is 2.66. The SMILES string of the molecule is CCNCC(=O)Nc1cccc(C(=O)NC(C)C)c1. The molecule has 0 unspecified atom stereocenters. The van der Waals surface area contributed by atoms with Crippen molar-refractivity contribution in [1.29, 1.82) is 0 Å². The molecule has 0 aliphatic rings. The van der Waals surface area contributed by atoms with E-state index in [1.54, 1.807) is 24.3 Å². The lowest BCUT2D eigenvalue weighted by Gasteiger charge is -2.10. The number of anilines is 1. The van der Waals surface area contributed by atoms with Crippen molar-refractivity contribution in [1.82, 2.24) is 10.6 Å². The molecule has 2 amide bonds. The van der Waals surface area contributed by atoms with E-state index in [2.05, 4.69) is 16.0 Å². The molecule has 1 aromatic carbocycles. The maximum atomic E-state index is 11.8. The minimum absolute atomic E-state index is 0.0829. The van der Waals surface area contributed by atoms with Gasteiger partial charge >= 0.3 is 0 Å². The molecule has 5 nitrogen and oxygen atoms in total. The first-order valence-corrected chi connectivity index (χ1v) is 6.44. The van der Waals surface area contributed by atoms with Crippen LogP contribution in [0.5, 0.6) is 0 Å². The van der Waals surface area contributed by atoms with Crippen LogP contribution in [-0.2, 0) is 4.79 Å². The Morgan fingerprint density at radius 3 is 2.63 bits per heavy atom. The highest BCUT2D eigenvalue weighted by molar-refractivity contribution is 5.97. The molecule has 0 aliphatic carbocycles. The van der Waals surface area contributed by atoms with Crippen LogP contribution in [-0.4, -0.2) is 30.9 Å². The lowest BCUT2D eigenvalue weighted by Crippen LogP contribution is -2.30. The zero-order valence-corrected chi connectivity index (χ0v) is 11.6. The molecule has 0 saturated carbocycles. The van der Waals surface area contributed by atoms with Crippen LogP contribution in [0.3, 0.4) is 0 Å². The first-order valence-electron chi connectivity index (χ1n) is 6.44. The van der Waals surface area contributed by atoms with E-state index in [0.717, 1.165) is 6.54 Å². The van der Waals surface area contributed by atoms with Crippen molar-refractivity contribution in [2.45, 2.75) is 26.8 Å². The minimum Gasteiger partial charge on any atom is -0.350 e. The largest absolute Gasteiger partial charge is 0.350 e. The molecule has 1 aromatic rings. The molecule has 0 radical (unpaired) electrons. The van der Waals surface area contributed by atoms with Gasteiger partial charge in [0.25, 0.3) is 5.91 Å². The Hall–Kier alpha value is -1.88. The molecule has 19 heavy (non-hydrogen) atoms. The van der Waals surface area contributed by atoms with Crippen LogP contribution in [0, 0.1) is 0 Å². The number of amides is 2. The summed E-state index contributed by atoms with van der Waals surface area (Å²) < 4.78 is 0. The number of carbonyl (C=O) groups is 2. The fraction of sp³-hybridized carbons (Fsp3) is 0.429. The van der Waals surface area contributed by atoms with Crippen LogP contribution in [0.1, 0.15) is 31.1 Å². The second kappa shape index (κ2) is 7.53. The molecule has 0 aromatic heterocycles. The monoisotopic (exact) mass is 263 g/mol. The van der Waals surface area contributed by atoms with Gasteiger partial charge in [0.2, 0.25) is 5.91 Å². The summed E-state index contributed by atoms with van der Waals surface area (Å²) in [5.74, 6) is -0.263. The summed E-state index contributed by atoms with van der Waals surface area (Å²) in [7, 11) is 0. The zero-order chi connectivity index (χ0) is 14.3. The minimum atomic E-state index is -0.141. The molecule has 0 bridgehead atoms. The van der Waals surface area contributed by atoms with Crippen molar-refractivity contribution in [2.75, 3.05) is 18.4 Å². The van der Waals surface area contributed by atoms with Gasteiger partial charge in [-0.2, -0.15) is 0 Å². The third-order valence-electron chi connectivity index (χ3n) is 2.36. The summed E-state index contributed by atoms with van der Waals surface area (Å²) >= 11 is 0. The number of hydrogen-bond donors (Lipinski definition) is 3. The van der Waals surface area contributed by atoms with Crippen molar-refractivity contribution >= 4 is 17.5 Å². The summed E-state index contributed by atoms with van der Waals surface area (Å²) in [5, 5.41) is 8.49. The third-order valence-corrected chi connectivity index (χ3v) is 2.36. The standard InChI is InChI=1S/C14H21N3O2/c1-4-15-9-13(18)17-12-7-5-6-11(8-12)14(19)16-10(2)3/h5-8,10,15H,4,9H2,1-3H3,(H,16,19)(H,17,18). The summed E-state index contributed by atoms with van der Waals surface area (Å²) in [4.78, 5) is 23.4. The van der Waals surface area contributed by atoms with Crippen LogP contribution in [0.2, 0.25) is 0 Å². The Labute approximate surface area is 113 Å². The van der Waals surface area contributed by atoms with Gasteiger partial charge in [0.1, 0.15) is 0 Å². The second-order valence-corrected chi connectivity index (χ2v) is 4.54. The summed E-state index contributed by atoms with van der Waals surface area (Å²) in [6.07, 6.45) is 0. The van der Waals surface area contributed by atoms with Gasteiger partial charge in [0.05, 0.1) is 6.54 Å². The van der Waals surface area contributed by atoms with Gasteiger partial charge in [-0.05, 0) is 38.6 Å². The van der Waals surface area contributed by atoms with E-state index in [0.29, 0.717) is 11.3 Å². The highest BCUT2D eigenvalue weighted by Crippen LogP contribution is 2.10. The number of nitrogens with one attached hydrogen (secondary N) is 3. The van der Waals surface area contributed by atoms with Crippen molar-refractivity contribution < 1.29 is 9.59 Å². The highest BCUT2D eigenvalue weighted by atomic mass is 16.2. The molecule has 3 N–H and O–H groups in total. The van der Waals surface area contributed by atoms with Gasteiger partial charge in [-0.25, -0.2) is 0 Å². The second-order valence-electron chi connectivity index (χ2n) is 4.54. The zero-order valence-electron chi connectivity index (χ0n) is 11.6. The fourth-order valence-electron chi connectivity index (χ4n) is 1.53. The van der Waals surface area contributed by atoms with Gasteiger partial charge in [-0.1, -0.05) is 13.0 Å². The topological polar surface area (TPSA) is 70.2 Å². The quantitative estimate of drug-likeness (QED) is 0.726. The van der Waals surface area contributed by atoms with Gasteiger partial charge in [0.15, 0.2) is 0 Å². The Bertz CT molecular complexity index is 444. The van der Waals surface area contributed by atoms with Crippen molar-refractivity contribution in [3.05, 3.63) is 29.8 Å². The normalized spacial score (nSPS) is 10.3. The molecule has 0 aliphatic heterocycles. The van der Waals surface area contributed by atoms with Crippen LogP contribution in [0.15, 0.2) is 24.3 Å². The maximum absolute atomic E-state index is 11.8. The molecule has 0 atom stereocenters. The predicted octanol–water partition coefficient (Wildman–Crippen LogP) is 1.37. The van der Waals surface area contributed by atoms with Crippen LogP contribution in [0.4, 0.5) is 5.69 Å².